The van der Waals surface area contributed by atoms with E-state index in [1.807, 2.05) is 14.2 Å². The SMILES string of the molecule is COC1CCCC2C1C(=O)C1C3C(CC4OCOC4C23)C(C2C3C(OC)CCCC3C3C4OCOC4CC4CCN(C)C2C43)C[NH+]1C. The van der Waals surface area contributed by atoms with Gasteiger partial charge in [0.1, 0.15) is 13.6 Å². The first-order chi connectivity index (χ1) is 23.0. The summed E-state index contributed by atoms with van der Waals surface area (Å²) in [7, 11) is 8.61. The molecule has 47 heavy (non-hydrogen) atoms. The van der Waals surface area contributed by atoms with Crippen LogP contribution in [0.4, 0.5) is 0 Å². The highest BCUT2D eigenvalue weighted by atomic mass is 16.7. The van der Waals surface area contributed by atoms with Crippen molar-refractivity contribution in [3.8, 4) is 0 Å². The van der Waals surface area contributed by atoms with Gasteiger partial charge in [-0.1, -0.05) is 12.8 Å². The first kappa shape index (κ1) is 31.1. The molecule has 9 heteroatoms. The molecule has 0 aromatic rings. The third-order valence-electron chi connectivity index (χ3n) is 16.7. The number of ketones is 1. The fourth-order valence-corrected chi connectivity index (χ4v) is 15.6. The van der Waals surface area contributed by atoms with Crippen LogP contribution in [-0.4, -0.2) is 114 Å². The number of ether oxygens (including phenoxy) is 6. The van der Waals surface area contributed by atoms with Gasteiger partial charge in [0.15, 0.2) is 11.8 Å². The van der Waals surface area contributed by atoms with Crippen LogP contribution in [0.3, 0.4) is 0 Å². The van der Waals surface area contributed by atoms with E-state index < -0.39 is 0 Å². The molecule has 6 saturated carbocycles. The smallest absolute Gasteiger partial charge is 0.196 e. The highest BCUT2D eigenvalue weighted by molar-refractivity contribution is 5.87. The van der Waals surface area contributed by atoms with Crippen LogP contribution in [0.2, 0.25) is 0 Å². The minimum atomic E-state index is 0.000173. The summed E-state index contributed by atoms with van der Waals surface area (Å²) in [4.78, 5) is 19.0. The van der Waals surface area contributed by atoms with Gasteiger partial charge in [-0.25, -0.2) is 0 Å². The van der Waals surface area contributed by atoms with Gasteiger partial charge in [0.25, 0.3) is 0 Å². The van der Waals surface area contributed by atoms with E-state index in [9.17, 15) is 4.79 Å². The monoisotopic (exact) mass is 655 g/mol. The summed E-state index contributed by atoms with van der Waals surface area (Å²) < 4.78 is 38.5. The number of carbonyl (C=O) groups is 1. The lowest BCUT2D eigenvalue weighted by Gasteiger charge is -2.67. The van der Waals surface area contributed by atoms with Crippen molar-refractivity contribution in [2.24, 2.45) is 71.0 Å². The third-order valence-corrected chi connectivity index (χ3v) is 16.7. The van der Waals surface area contributed by atoms with E-state index in [4.69, 9.17) is 28.4 Å². The first-order valence-electron chi connectivity index (χ1n) is 19.6. The molecule has 10 rings (SSSR count). The molecule has 1 N–H and O–H groups in total. The van der Waals surface area contributed by atoms with Crippen molar-refractivity contribution in [2.75, 3.05) is 55.0 Å². The minimum Gasteiger partial charge on any atom is -0.381 e. The Morgan fingerprint density at radius 1 is 0.702 bits per heavy atom. The summed E-state index contributed by atoms with van der Waals surface area (Å²) in [6.07, 6.45) is 11.5. The van der Waals surface area contributed by atoms with Crippen LogP contribution in [0.25, 0.3) is 0 Å². The van der Waals surface area contributed by atoms with Crippen LogP contribution < -0.4 is 4.90 Å². The Balaban J connectivity index is 1.09. The Morgan fingerprint density at radius 2 is 1.38 bits per heavy atom. The van der Waals surface area contributed by atoms with Crippen LogP contribution in [0.1, 0.15) is 57.8 Å². The molecule has 21 atom stereocenters. The first-order valence-corrected chi connectivity index (χ1v) is 19.6. The number of Topliss-reactive ketones (excluding diaryl/α,β-unsaturated/α-hetero) is 1. The molecule has 10 fully saturated rings. The van der Waals surface area contributed by atoms with E-state index in [2.05, 4.69) is 19.0 Å². The van der Waals surface area contributed by atoms with Gasteiger partial charge in [-0.15, -0.1) is 0 Å². The standard InChI is InChI=1S/C38H58N2O7/c1-39-12-11-18-13-25-37(46-16-44-25)32-19-7-5-9-23(42-3)28(19)31(34(39)27(18)32)22-15-40(2)35-30-21(22)14-26-38(47-17-45-26)33(30)20-8-6-10-24(43-4)29(20)36(35)41/h18-35,37-38H,5-17H2,1-4H3/p+1. The van der Waals surface area contributed by atoms with Crippen LogP contribution in [0.15, 0.2) is 0 Å². The number of hydrogen-bond donors (Lipinski definition) is 1. The molecule has 21 unspecified atom stereocenters. The summed E-state index contributed by atoms with van der Waals surface area (Å²) >= 11 is 0. The van der Waals surface area contributed by atoms with Crippen LogP contribution in [-0.2, 0) is 33.2 Å². The maximum absolute atomic E-state index is 14.8. The Hall–Kier alpha value is -0.650. The zero-order valence-corrected chi connectivity index (χ0v) is 29.0. The molecular formula is C38H59N2O7+. The number of likely N-dealkylation sites (N-methyl/N-ethyl adjacent to an activating group) is 1. The highest BCUT2D eigenvalue weighted by Crippen LogP contribution is 2.64. The number of rotatable bonds is 3. The predicted molar refractivity (Wildman–Crippen MR) is 171 cm³/mol. The second-order valence-electron chi connectivity index (χ2n) is 17.9. The van der Waals surface area contributed by atoms with E-state index >= 15 is 0 Å². The number of carbonyl (C=O) groups excluding carboxylic acids is 1. The number of methoxy groups -OCH3 is 2. The summed E-state index contributed by atoms with van der Waals surface area (Å²) in [5.41, 5.74) is 0. The van der Waals surface area contributed by atoms with Crippen LogP contribution in [0, 0.1) is 71.0 Å². The van der Waals surface area contributed by atoms with Crippen molar-refractivity contribution in [3.05, 3.63) is 0 Å². The lowest BCUT2D eigenvalue weighted by atomic mass is 9.42. The van der Waals surface area contributed by atoms with Crippen LogP contribution >= 0.6 is 0 Å². The van der Waals surface area contributed by atoms with Gasteiger partial charge in [-0.05, 0) is 106 Å². The Kier molecular flexibility index (Phi) is 7.74. The molecular weight excluding hydrogens is 596 g/mol. The van der Waals surface area contributed by atoms with Gasteiger partial charge < -0.3 is 38.2 Å². The molecule has 4 aliphatic heterocycles. The van der Waals surface area contributed by atoms with Gasteiger partial charge in [0, 0.05) is 38.0 Å². The average molecular weight is 656 g/mol. The molecule has 9 nitrogen and oxygen atoms in total. The van der Waals surface area contributed by atoms with Crippen LogP contribution in [0.5, 0.6) is 0 Å². The number of fused-ring (bicyclic) bond motifs is 8. The predicted octanol–water partition coefficient (Wildman–Crippen LogP) is 2.27. The number of nitrogens with one attached hydrogen (secondary N) is 1. The zero-order chi connectivity index (χ0) is 31.7. The van der Waals surface area contributed by atoms with E-state index in [0.29, 0.717) is 90.5 Å². The summed E-state index contributed by atoms with van der Waals surface area (Å²) in [6.45, 7) is 3.11. The van der Waals surface area contributed by atoms with Gasteiger partial charge in [-0.3, -0.25) is 4.79 Å². The van der Waals surface area contributed by atoms with Gasteiger partial charge >= 0.3 is 0 Å². The van der Waals surface area contributed by atoms with E-state index in [-0.39, 0.29) is 48.6 Å². The van der Waals surface area contributed by atoms with E-state index in [1.165, 1.54) is 30.7 Å². The minimum absolute atomic E-state index is 0.000173. The molecule has 0 aromatic carbocycles. The molecule has 0 bridgehead atoms. The Morgan fingerprint density at radius 3 is 2.13 bits per heavy atom. The molecule has 6 aliphatic carbocycles. The average Bonchev–Trinajstić information content (AvgIpc) is 3.77. The molecule has 10 aliphatic rings. The zero-order valence-electron chi connectivity index (χ0n) is 29.0. The van der Waals surface area contributed by atoms with Crippen molar-refractivity contribution < 1.29 is 38.1 Å². The molecule has 0 spiro atoms. The maximum atomic E-state index is 14.8. The summed E-state index contributed by atoms with van der Waals surface area (Å²) in [6, 6.07) is 0.559. The molecule has 262 valence electrons. The molecule has 4 saturated heterocycles. The maximum Gasteiger partial charge on any atom is 0.196 e. The molecule has 0 amide bonds. The Bertz CT molecular complexity index is 1220. The topological polar surface area (TPSA) is 80.1 Å². The lowest BCUT2D eigenvalue weighted by molar-refractivity contribution is -0.915. The molecule has 0 aromatic heterocycles. The van der Waals surface area contributed by atoms with Crippen molar-refractivity contribution in [1.29, 1.82) is 0 Å². The van der Waals surface area contributed by atoms with Crippen molar-refractivity contribution in [2.45, 2.75) is 106 Å². The quantitative estimate of drug-likeness (QED) is 0.497. The van der Waals surface area contributed by atoms with Crippen molar-refractivity contribution >= 4 is 5.78 Å². The van der Waals surface area contributed by atoms with Gasteiger partial charge in [0.2, 0.25) is 0 Å². The second-order valence-corrected chi connectivity index (χ2v) is 17.9. The fourth-order valence-electron chi connectivity index (χ4n) is 15.6. The third kappa shape index (κ3) is 4.33. The molecule has 0 radical (unpaired) electrons. The lowest BCUT2D eigenvalue weighted by Crippen LogP contribution is -3.18. The highest BCUT2D eigenvalue weighted by Gasteiger charge is 2.71. The Labute approximate surface area is 281 Å². The fraction of sp³-hybridized carbons (Fsp3) is 0.974. The summed E-state index contributed by atoms with van der Waals surface area (Å²) in [5.74, 6) is 6.14. The van der Waals surface area contributed by atoms with Gasteiger partial charge in [0.05, 0.1) is 56.1 Å². The molecule has 4 heterocycles. The number of quaternary nitrogens is 1. The van der Waals surface area contributed by atoms with Crippen molar-refractivity contribution in [1.82, 2.24) is 4.90 Å². The normalized spacial score (nSPS) is 59.7. The number of nitrogens with zero attached hydrogens (tertiary/aromatic N) is 1. The number of hydrogen-bond acceptors (Lipinski definition) is 8. The van der Waals surface area contributed by atoms with E-state index in [0.717, 1.165) is 45.1 Å². The van der Waals surface area contributed by atoms with Gasteiger partial charge in [-0.2, -0.15) is 0 Å². The number of likely N-dealkylation sites (tertiary alicyclic amines) is 2. The van der Waals surface area contributed by atoms with Crippen molar-refractivity contribution in [3.63, 3.8) is 0 Å². The van der Waals surface area contributed by atoms with E-state index in [1.54, 1.807) is 0 Å². The largest absolute Gasteiger partial charge is 0.381 e. The number of piperidine rings is 2. The summed E-state index contributed by atoms with van der Waals surface area (Å²) in [5, 5.41) is 0. The second kappa shape index (κ2) is 11.7.